The molecule has 0 amide bonds. The lowest BCUT2D eigenvalue weighted by molar-refractivity contribution is -0.134. The van der Waals surface area contributed by atoms with Gasteiger partial charge in [-0.05, 0) is 72.7 Å². The van der Waals surface area contributed by atoms with E-state index in [1.54, 1.807) is 54.6 Å². The number of hydrogen-bond donors (Lipinski definition) is 2. The zero-order valence-corrected chi connectivity index (χ0v) is 23.4. The van der Waals surface area contributed by atoms with E-state index in [9.17, 15) is 19.2 Å². The zero-order chi connectivity index (χ0) is 30.3. The average Bonchev–Trinajstić information content (AvgIpc) is 2.96. The van der Waals surface area contributed by atoms with Gasteiger partial charge in [0.05, 0.1) is 24.3 Å². The maximum atomic E-state index is 12.3. The highest BCUT2D eigenvalue weighted by Gasteiger charge is 2.11. The standard InChI is InChI=1S/C32H34N2O8/c1-2-3-4-6-29(35)41-27-12-14-28(15-13-27)42-30(36)16-9-22-7-10-23(11-8-22)31(37)39-17-5-18-40-32(38)24-19-25(33)21-26(34)20-24/h7-16,19-21H,2-6,17-18,33-34H2,1H3/b16-9+. The third-order valence-electron chi connectivity index (χ3n) is 5.78. The first kappa shape index (κ1) is 31.4. The van der Waals surface area contributed by atoms with Crippen molar-refractivity contribution < 1.29 is 38.1 Å². The van der Waals surface area contributed by atoms with Crippen LogP contribution in [0.1, 0.15) is 65.3 Å². The van der Waals surface area contributed by atoms with Crippen LogP contribution in [0.4, 0.5) is 11.4 Å². The van der Waals surface area contributed by atoms with Crippen molar-refractivity contribution in [2.75, 3.05) is 24.7 Å². The van der Waals surface area contributed by atoms with Crippen molar-refractivity contribution in [3.8, 4) is 11.5 Å². The van der Waals surface area contributed by atoms with Crippen molar-refractivity contribution in [3.63, 3.8) is 0 Å². The highest BCUT2D eigenvalue weighted by Crippen LogP contribution is 2.19. The van der Waals surface area contributed by atoms with Crippen molar-refractivity contribution in [3.05, 3.63) is 89.5 Å². The van der Waals surface area contributed by atoms with Gasteiger partial charge in [-0.25, -0.2) is 14.4 Å². The summed E-state index contributed by atoms with van der Waals surface area (Å²) in [6.07, 6.45) is 6.26. The number of nitrogens with two attached hydrogens (primary N) is 2. The minimum absolute atomic E-state index is 0.0529. The average molecular weight is 575 g/mol. The second-order valence-electron chi connectivity index (χ2n) is 9.29. The lowest BCUT2D eigenvalue weighted by Crippen LogP contribution is -2.11. The van der Waals surface area contributed by atoms with Gasteiger partial charge in [0.2, 0.25) is 0 Å². The summed E-state index contributed by atoms with van der Waals surface area (Å²) in [5.74, 6) is -1.30. The Bertz CT molecular complexity index is 1380. The predicted octanol–water partition coefficient (Wildman–Crippen LogP) is 5.36. The smallest absolute Gasteiger partial charge is 0.338 e. The van der Waals surface area contributed by atoms with Crippen LogP contribution < -0.4 is 20.9 Å². The number of rotatable bonds is 14. The van der Waals surface area contributed by atoms with Crippen LogP contribution in [0.5, 0.6) is 11.5 Å². The fourth-order valence-electron chi connectivity index (χ4n) is 3.67. The highest BCUT2D eigenvalue weighted by atomic mass is 16.6. The number of esters is 4. The van der Waals surface area contributed by atoms with Crippen LogP contribution >= 0.6 is 0 Å². The fraction of sp³-hybridized carbons (Fsp3) is 0.250. The molecule has 0 aromatic heterocycles. The SMILES string of the molecule is CCCCCC(=O)Oc1ccc(OC(=O)/C=C/c2ccc(C(=O)OCCCOC(=O)c3cc(N)cc(N)c3)cc2)cc1. The monoisotopic (exact) mass is 574 g/mol. The molecular formula is C32H34N2O8. The third kappa shape index (κ3) is 10.8. The lowest BCUT2D eigenvalue weighted by Gasteiger charge is -2.08. The van der Waals surface area contributed by atoms with Crippen LogP contribution in [0.3, 0.4) is 0 Å². The second kappa shape index (κ2) is 16.2. The number of nitrogen functional groups attached to an aromatic ring is 2. The Kier molecular flexibility index (Phi) is 12.1. The molecule has 3 aromatic rings. The summed E-state index contributed by atoms with van der Waals surface area (Å²) in [4.78, 5) is 48.4. The molecule has 0 aliphatic heterocycles. The number of hydrogen-bond acceptors (Lipinski definition) is 10. The number of carbonyl (C=O) groups is 4. The van der Waals surface area contributed by atoms with E-state index in [4.69, 9.17) is 30.4 Å². The minimum Gasteiger partial charge on any atom is -0.462 e. The first-order valence-electron chi connectivity index (χ1n) is 13.5. The van der Waals surface area contributed by atoms with Gasteiger partial charge in [-0.2, -0.15) is 0 Å². The van der Waals surface area contributed by atoms with Gasteiger partial charge in [-0.3, -0.25) is 4.79 Å². The Morgan fingerprint density at radius 2 is 1.26 bits per heavy atom. The van der Waals surface area contributed by atoms with Gasteiger partial charge < -0.3 is 30.4 Å². The van der Waals surface area contributed by atoms with Gasteiger partial charge in [-0.1, -0.05) is 31.9 Å². The Morgan fingerprint density at radius 1 is 0.690 bits per heavy atom. The van der Waals surface area contributed by atoms with Crippen LogP contribution in [0.15, 0.2) is 72.8 Å². The van der Waals surface area contributed by atoms with Gasteiger partial charge >= 0.3 is 23.9 Å². The molecule has 0 heterocycles. The van der Waals surface area contributed by atoms with Gasteiger partial charge in [0, 0.05) is 30.3 Å². The Hall–Kier alpha value is -5.12. The quantitative estimate of drug-likeness (QED) is 0.0844. The summed E-state index contributed by atoms with van der Waals surface area (Å²) in [5.41, 5.74) is 13.3. The molecule has 4 N–H and O–H groups in total. The first-order chi connectivity index (χ1) is 20.2. The lowest BCUT2D eigenvalue weighted by atomic mass is 10.1. The van der Waals surface area contributed by atoms with Crippen LogP contribution in [-0.2, 0) is 19.1 Å². The Balaban J connectivity index is 1.37. The van der Waals surface area contributed by atoms with Gasteiger partial charge in [0.1, 0.15) is 11.5 Å². The van der Waals surface area contributed by atoms with E-state index in [0.717, 1.165) is 19.3 Å². The van der Waals surface area contributed by atoms with Crippen LogP contribution in [-0.4, -0.2) is 37.1 Å². The highest BCUT2D eigenvalue weighted by molar-refractivity contribution is 5.92. The van der Waals surface area contributed by atoms with Crippen molar-refractivity contribution in [2.45, 2.75) is 39.0 Å². The predicted molar refractivity (Wildman–Crippen MR) is 158 cm³/mol. The van der Waals surface area contributed by atoms with E-state index in [0.29, 0.717) is 46.8 Å². The molecule has 0 spiro atoms. The molecule has 3 rings (SSSR count). The number of unbranched alkanes of at least 4 members (excludes halogenated alkanes) is 2. The molecule has 3 aromatic carbocycles. The number of ether oxygens (including phenoxy) is 4. The maximum absolute atomic E-state index is 12.3. The molecule has 220 valence electrons. The van der Waals surface area contributed by atoms with E-state index in [1.165, 1.54) is 24.3 Å². The molecule has 0 saturated carbocycles. The largest absolute Gasteiger partial charge is 0.462 e. The summed E-state index contributed by atoms with van der Waals surface area (Å²) in [6.45, 7) is 2.17. The molecule has 0 unspecified atom stereocenters. The van der Waals surface area contributed by atoms with E-state index in [2.05, 4.69) is 6.92 Å². The molecule has 10 nitrogen and oxygen atoms in total. The van der Waals surface area contributed by atoms with E-state index < -0.39 is 17.9 Å². The molecule has 0 atom stereocenters. The van der Waals surface area contributed by atoms with Crippen molar-refractivity contribution in [1.29, 1.82) is 0 Å². The van der Waals surface area contributed by atoms with E-state index in [1.807, 2.05) is 0 Å². The molecular weight excluding hydrogens is 540 g/mol. The molecule has 0 bridgehead atoms. The maximum Gasteiger partial charge on any atom is 0.338 e. The van der Waals surface area contributed by atoms with Gasteiger partial charge in [0.15, 0.2) is 0 Å². The second-order valence-corrected chi connectivity index (χ2v) is 9.29. The first-order valence-corrected chi connectivity index (χ1v) is 13.5. The number of carbonyl (C=O) groups excluding carboxylic acids is 4. The Morgan fingerprint density at radius 3 is 1.86 bits per heavy atom. The molecule has 0 aliphatic carbocycles. The molecule has 42 heavy (non-hydrogen) atoms. The van der Waals surface area contributed by atoms with Crippen LogP contribution in [0, 0.1) is 0 Å². The van der Waals surface area contributed by atoms with Crippen LogP contribution in [0.25, 0.3) is 6.08 Å². The summed E-state index contributed by atoms with van der Waals surface area (Å²) in [5, 5.41) is 0. The van der Waals surface area contributed by atoms with Crippen molar-refractivity contribution in [2.24, 2.45) is 0 Å². The summed E-state index contributed by atoms with van der Waals surface area (Å²) < 4.78 is 20.9. The third-order valence-corrected chi connectivity index (χ3v) is 5.78. The number of anilines is 2. The fourth-order valence-corrected chi connectivity index (χ4v) is 3.67. The minimum atomic E-state index is -0.595. The van der Waals surface area contributed by atoms with E-state index in [-0.39, 0.29) is 24.7 Å². The summed E-state index contributed by atoms with van der Waals surface area (Å²) in [7, 11) is 0. The molecule has 0 saturated heterocycles. The normalized spacial score (nSPS) is 10.7. The summed E-state index contributed by atoms with van der Waals surface area (Å²) in [6, 6.07) is 17.1. The van der Waals surface area contributed by atoms with Crippen molar-refractivity contribution >= 4 is 41.3 Å². The molecule has 0 radical (unpaired) electrons. The molecule has 0 aliphatic rings. The zero-order valence-electron chi connectivity index (χ0n) is 23.4. The molecule has 0 fully saturated rings. The topological polar surface area (TPSA) is 157 Å². The van der Waals surface area contributed by atoms with E-state index >= 15 is 0 Å². The van der Waals surface area contributed by atoms with Crippen LogP contribution in [0.2, 0.25) is 0 Å². The van der Waals surface area contributed by atoms with Crippen molar-refractivity contribution in [1.82, 2.24) is 0 Å². The van der Waals surface area contributed by atoms with Gasteiger partial charge in [-0.15, -0.1) is 0 Å². The van der Waals surface area contributed by atoms with Gasteiger partial charge in [0.25, 0.3) is 0 Å². The Labute approximate surface area is 244 Å². The molecule has 10 heteroatoms. The number of benzene rings is 3. The summed E-state index contributed by atoms with van der Waals surface area (Å²) >= 11 is 0.